The summed E-state index contributed by atoms with van der Waals surface area (Å²) in [5.41, 5.74) is 13.6. The lowest BCUT2D eigenvalue weighted by Gasteiger charge is -2.19. The van der Waals surface area contributed by atoms with Gasteiger partial charge in [0.25, 0.3) is 0 Å². The summed E-state index contributed by atoms with van der Waals surface area (Å²) in [6.07, 6.45) is 0. The van der Waals surface area contributed by atoms with Gasteiger partial charge < -0.3 is 4.57 Å². The maximum Gasteiger partial charge on any atom is 0.0991 e. The summed E-state index contributed by atoms with van der Waals surface area (Å²) in [6, 6.07) is 86.3. The summed E-state index contributed by atoms with van der Waals surface area (Å²) in [6.45, 7) is 0. The lowest BCUT2D eigenvalue weighted by molar-refractivity contribution is 1.18. The molecule has 12 aromatic carbocycles. The van der Waals surface area contributed by atoms with Crippen LogP contribution in [0.4, 0.5) is 0 Å². The fourth-order valence-electron chi connectivity index (χ4n) is 10.4. The summed E-state index contributed by atoms with van der Waals surface area (Å²) < 4.78 is 2.29. The fraction of sp³-hybridized carbons (Fsp3) is 0. The van der Waals surface area contributed by atoms with Crippen molar-refractivity contribution in [3.05, 3.63) is 236 Å². The van der Waals surface area contributed by atoms with E-state index in [0.717, 1.165) is 38.6 Å². The van der Waals surface area contributed by atoms with E-state index in [1.165, 1.54) is 87.2 Å². The minimum Gasteiger partial charge on any atom is -0.309 e. The third-order valence-corrected chi connectivity index (χ3v) is 13.5. The number of nitriles is 1. The second-order valence-corrected chi connectivity index (χ2v) is 17.2. The molecule has 0 radical (unpaired) electrons. The minimum atomic E-state index is 0.659. The summed E-state index contributed by atoms with van der Waals surface area (Å²) in [5.74, 6) is 0. The van der Waals surface area contributed by atoms with E-state index in [4.69, 9.17) is 0 Å². The van der Waals surface area contributed by atoms with Gasteiger partial charge in [-0.3, -0.25) is 0 Å². The molecule has 0 bridgehead atoms. The molecular formula is C63H38N2. The molecule has 0 saturated heterocycles. The van der Waals surface area contributed by atoms with Crippen LogP contribution in [0, 0.1) is 11.3 Å². The first-order valence-corrected chi connectivity index (χ1v) is 22.2. The van der Waals surface area contributed by atoms with Crippen LogP contribution < -0.4 is 0 Å². The van der Waals surface area contributed by atoms with Crippen LogP contribution in [-0.2, 0) is 0 Å². The van der Waals surface area contributed by atoms with Crippen molar-refractivity contribution in [3.8, 4) is 56.3 Å². The van der Waals surface area contributed by atoms with E-state index in [1.54, 1.807) is 0 Å². The Hall–Kier alpha value is -8.77. The molecule has 1 heterocycles. The number of aromatic nitrogens is 1. The maximum atomic E-state index is 9.82. The highest BCUT2D eigenvalue weighted by molar-refractivity contribution is 6.23. The Labute approximate surface area is 376 Å². The van der Waals surface area contributed by atoms with Crippen molar-refractivity contribution >= 4 is 75.7 Å². The van der Waals surface area contributed by atoms with Gasteiger partial charge >= 0.3 is 0 Å². The molecule has 0 aliphatic rings. The molecule has 65 heavy (non-hydrogen) atoms. The van der Waals surface area contributed by atoms with Crippen LogP contribution in [0.1, 0.15) is 5.56 Å². The molecule has 2 nitrogen and oxygen atoms in total. The Morgan fingerprint density at radius 3 is 1.29 bits per heavy atom. The zero-order valence-electron chi connectivity index (χ0n) is 35.3. The number of hydrogen-bond acceptors (Lipinski definition) is 1. The zero-order chi connectivity index (χ0) is 43.0. The van der Waals surface area contributed by atoms with Gasteiger partial charge in [0, 0.05) is 16.5 Å². The van der Waals surface area contributed by atoms with E-state index in [9.17, 15) is 5.26 Å². The molecule has 0 saturated carbocycles. The minimum absolute atomic E-state index is 0.659. The molecule has 1 aromatic heterocycles. The van der Waals surface area contributed by atoms with Gasteiger partial charge in [0.05, 0.1) is 22.7 Å². The molecule has 300 valence electrons. The Morgan fingerprint density at radius 2 is 0.677 bits per heavy atom. The van der Waals surface area contributed by atoms with E-state index in [-0.39, 0.29) is 0 Å². The monoisotopic (exact) mass is 822 g/mol. The average Bonchev–Trinajstić information content (AvgIpc) is 3.70. The largest absolute Gasteiger partial charge is 0.309 e. The van der Waals surface area contributed by atoms with E-state index < -0.39 is 0 Å². The van der Waals surface area contributed by atoms with Gasteiger partial charge in [0.1, 0.15) is 0 Å². The third kappa shape index (κ3) is 6.02. The Kier molecular flexibility index (Phi) is 8.31. The first-order chi connectivity index (χ1) is 32.1. The van der Waals surface area contributed by atoms with Crippen molar-refractivity contribution in [2.24, 2.45) is 0 Å². The van der Waals surface area contributed by atoms with Crippen LogP contribution in [0.15, 0.2) is 231 Å². The highest BCUT2D eigenvalue weighted by atomic mass is 15.0. The molecule has 13 aromatic rings. The number of fused-ring (bicyclic) bond motifs is 8. The molecule has 2 heteroatoms. The summed E-state index contributed by atoms with van der Waals surface area (Å²) in [7, 11) is 0. The van der Waals surface area contributed by atoms with E-state index in [0.29, 0.717) is 5.56 Å². The number of benzene rings is 12. The predicted molar refractivity (Wildman–Crippen MR) is 275 cm³/mol. The van der Waals surface area contributed by atoms with Crippen LogP contribution >= 0.6 is 0 Å². The highest BCUT2D eigenvalue weighted by Gasteiger charge is 2.19. The third-order valence-electron chi connectivity index (χ3n) is 13.5. The Bertz CT molecular complexity index is 4130. The van der Waals surface area contributed by atoms with Gasteiger partial charge in [-0.1, -0.05) is 158 Å². The molecule has 13 rings (SSSR count). The zero-order valence-corrected chi connectivity index (χ0v) is 35.3. The molecule has 0 aliphatic heterocycles. The standard InChI is InChI=1S/C63H38N2/c64-39-40-18-30-60-57(32-40)58-37-50(28-31-61(58)65(60)53-14-2-1-3-15-53)48-24-22-45-33-47(23-21-46(45)34-48)49-27-29-56-59(38-49)63(52-26-20-42-11-5-7-13-44(42)36-52)55-17-9-8-16-54(55)62(56)51-25-19-41-10-4-6-12-43(41)35-51/h1-38H. The normalized spacial score (nSPS) is 11.7. The van der Waals surface area contributed by atoms with E-state index in [2.05, 4.69) is 223 Å². The molecule has 0 amide bonds. The SMILES string of the molecule is N#Cc1ccc2c(c1)c1cc(-c3ccc4cc(-c5ccc6c(-c7ccc8ccccc8c7)c7ccccc7c(-c7ccc8ccccc8c7)c6c5)ccc4c3)ccc1n2-c1ccccc1. The lowest BCUT2D eigenvalue weighted by atomic mass is 9.84. The molecule has 0 N–H and O–H groups in total. The van der Waals surface area contributed by atoms with Gasteiger partial charge in [0.2, 0.25) is 0 Å². The van der Waals surface area contributed by atoms with Crippen molar-refractivity contribution < 1.29 is 0 Å². The van der Waals surface area contributed by atoms with E-state index >= 15 is 0 Å². The number of nitrogens with zero attached hydrogens (tertiary/aromatic N) is 2. The van der Waals surface area contributed by atoms with Crippen molar-refractivity contribution in [1.82, 2.24) is 4.57 Å². The van der Waals surface area contributed by atoms with Crippen molar-refractivity contribution in [2.75, 3.05) is 0 Å². The van der Waals surface area contributed by atoms with Crippen LogP contribution in [-0.4, -0.2) is 4.57 Å². The van der Waals surface area contributed by atoms with Crippen LogP contribution in [0.2, 0.25) is 0 Å². The number of hydrogen-bond donors (Lipinski definition) is 0. The average molecular weight is 823 g/mol. The van der Waals surface area contributed by atoms with Crippen LogP contribution in [0.3, 0.4) is 0 Å². The lowest BCUT2D eigenvalue weighted by Crippen LogP contribution is -1.93. The van der Waals surface area contributed by atoms with Crippen molar-refractivity contribution in [3.63, 3.8) is 0 Å². The molecule has 0 fully saturated rings. The van der Waals surface area contributed by atoms with Gasteiger partial charge in [-0.25, -0.2) is 0 Å². The van der Waals surface area contributed by atoms with Crippen molar-refractivity contribution in [2.45, 2.75) is 0 Å². The van der Waals surface area contributed by atoms with Gasteiger partial charge in [-0.15, -0.1) is 0 Å². The predicted octanol–water partition coefficient (Wildman–Crippen LogP) is 17.1. The topological polar surface area (TPSA) is 28.7 Å². The smallest absolute Gasteiger partial charge is 0.0991 e. The first kappa shape index (κ1) is 36.8. The number of rotatable bonds is 5. The second-order valence-electron chi connectivity index (χ2n) is 17.2. The first-order valence-electron chi connectivity index (χ1n) is 22.2. The van der Waals surface area contributed by atoms with Crippen LogP contribution in [0.5, 0.6) is 0 Å². The second kappa shape index (κ2) is 14.7. The summed E-state index contributed by atoms with van der Waals surface area (Å²) in [5, 5.41) is 24.3. The number of para-hydroxylation sites is 1. The van der Waals surface area contributed by atoms with Gasteiger partial charge in [-0.05, 0) is 171 Å². The highest BCUT2D eigenvalue weighted by Crippen LogP contribution is 2.46. The van der Waals surface area contributed by atoms with E-state index in [1.807, 2.05) is 18.2 Å². The molecule has 0 unspecified atom stereocenters. The molecular weight excluding hydrogens is 785 g/mol. The molecule has 0 atom stereocenters. The fourth-order valence-corrected chi connectivity index (χ4v) is 10.4. The quantitative estimate of drug-likeness (QED) is 0.159. The maximum absolute atomic E-state index is 9.82. The summed E-state index contributed by atoms with van der Waals surface area (Å²) >= 11 is 0. The molecule has 0 aliphatic carbocycles. The van der Waals surface area contributed by atoms with Crippen LogP contribution in [0.25, 0.3) is 126 Å². The summed E-state index contributed by atoms with van der Waals surface area (Å²) in [4.78, 5) is 0. The Morgan fingerprint density at radius 1 is 0.277 bits per heavy atom. The molecule has 0 spiro atoms. The van der Waals surface area contributed by atoms with Crippen molar-refractivity contribution in [1.29, 1.82) is 5.26 Å². The van der Waals surface area contributed by atoms with Gasteiger partial charge in [0.15, 0.2) is 0 Å². The van der Waals surface area contributed by atoms with Gasteiger partial charge in [-0.2, -0.15) is 5.26 Å². The Balaban J connectivity index is 0.959.